The van der Waals surface area contributed by atoms with Crippen LogP contribution >= 0.6 is 0 Å². The highest BCUT2D eigenvalue weighted by Crippen LogP contribution is 2.30. The van der Waals surface area contributed by atoms with Crippen molar-refractivity contribution in [3.05, 3.63) is 65.5 Å². The minimum absolute atomic E-state index is 0.0185. The zero-order chi connectivity index (χ0) is 29.7. The van der Waals surface area contributed by atoms with Crippen LogP contribution in [0, 0.1) is 6.92 Å². The van der Waals surface area contributed by atoms with Gasteiger partial charge in [-0.25, -0.2) is 19.6 Å². The summed E-state index contributed by atoms with van der Waals surface area (Å²) in [5.74, 6) is 0.333. The number of rotatable bonds is 7. The minimum Gasteiger partial charge on any atom is -0.497 e. The number of anilines is 1. The van der Waals surface area contributed by atoms with Gasteiger partial charge in [0, 0.05) is 37.3 Å². The van der Waals surface area contributed by atoms with Crippen LogP contribution in [-0.4, -0.2) is 83.7 Å². The number of esters is 1. The lowest BCUT2D eigenvalue weighted by molar-refractivity contribution is 0.0367. The Kier molecular flexibility index (Phi) is 9.06. The molecule has 1 saturated heterocycles. The number of amides is 3. The standard InChI is InChI=1S/C30H35N5O6/c1-18(2)41-29(37)25-20(4)31-27(21-10-8-7-9-11-21)33-26(25)28(36)34-14-15-35(19(3)17-34)30(38)32-23-13-12-22(39-5)16-24(23)40-6/h7-13,16,18-19H,14-15,17H2,1-6H3,(H,32,38). The Bertz CT molecular complexity index is 1430. The number of hydrogen-bond donors (Lipinski definition) is 1. The number of nitrogens with zero attached hydrogens (tertiary/aromatic N) is 4. The van der Waals surface area contributed by atoms with Gasteiger partial charge in [-0.3, -0.25) is 4.79 Å². The number of carbonyl (C=O) groups excluding carboxylic acids is 3. The lowest BCUT2D eigenvalue weighted by Crippen LogP contribution is -2.56. The quantitative estimate of drug-likeness (QED) is 0.421. The van der Waals surface area contributed by atoms with Crippen molar-refractivity contribution in [1.29, 1.82) is 0 Å². The van der Waals surface area contributed by atoms with Gasteiger partial charge in [0.1, 0.15) is 22.8 Å². The SMILES string of the molecule is COc1ccc(NC(=O)N2CCN(C(=O)c3nc(-c4ccccc4)nc(C)c3C(=O)OC(C)C)CC2C)c(OC)c1. The highest BCUT2D eigenvalue weighted by molar-refractivity contribution is 6.05. The summed E-state index contributed by atoms with van der Waals surface area (Å²) in [7, 11) is 3.07. The fourth-order valence-electron chi connectivity index (χ4n) is 4.64. The second-order valence-corrected chi connectivity index (χ2v) is 9.97. The second-order valence-electron chi connectivity index (χ2n) is 9.97. The fourth-order valence-corrected chi connectivity index (χ4v) is 4.64. The summed E-state index contributed by atoms with van der Waals surface area (Å²) >= 11 is 0. The average Bonchev–Trinajstić information content (AvgIpc) is 2.96. The number of piperazine rings is 1. The van der Waals surface area contributed by atoms with Crippen molar-refractivity contribution in [2.45, 2.75) is 39.8 Å². The maximum Gasteiger partial charge on any atom is 0.342 e. The van der Waals surface area contributed by atoms with Gasteiger partial charge in [0.15, 0.2) is 5.82 Å². The van der Waals surface area contributed by atoms with Gasteiger partial charge in [-0.2, -0.15) is 0 Å². The maximum atomic E-state index is 13.9. The third-order valence-corrected chi connectivity index (χ3v) is 6.70. The van der Waals surface area contributed by atoms with Crippen LogP contribution in [0.1, 0.15) is 47.3 Å². The molecule has 11 heteroatoms. The topological polar surface area (TPSA) is 123 Å². The summed E-state index contributed by atoms with van der Waals surface area (Å²) in [5, 5.41) is 2.89. The summed E-state index contributed by atoms with van der Waals surface area (Å²) in [5.41, 5.74) is 1.60. The summed E-state index contributed by atoms with van der Waals surface area (Å²) in [4.78, 5) is 52.4. The van der Waals surface area contributed by atoms with Gasteiger partial charge in [0.2, 0.25) is 0 Å². The highest BCUT2D eigenvalue weighted by Gasteiger charge is 2.34. The van der Waals surface area contributed by atoms with E-state index < -0.39 is 11.9 Å². The van der Waals surface area contributed by atoms with Gasteiger partial charge in [0.05, 0.1) is 31.7 Å². The zero-order valence-electron chi connectivity index (χ0n) is 24.1. The molecule has 0 radical (unpaired) electrons. The van der Waals surface area contributed by atoms with Crippen LogP contribution in [0.4, 0.5) is 10.5 Å². The van der Waals surface area contributed by atoms with E-state index in [-0.39, 0.29) is 49.1 Å². The molecule has 1 aromatic heterocycles. The molecule has 0 spiro atoms. The van der Waals surface area contributed by atoms with Crippen LogP contribution in [-0.2, 0) is 4.74 Å². The fraction of sp³-hybridized carbons (Fsp3) is 0.367. The van der Waals surface area contributed by atoms with Crippen molar-refractivity contribution in [3.63, 3.8) is 0 Å². The molecule has 0 aliphatic carbocycles. The number of methoxy groups -OCH3 is 2. The van der Waals surface area contributed by atoms with E-state index in [0.29, 0.717) is 28.7 Å². The van der Waals surface area contributed by atoms with Gasteiger partial charge in [-0.05, 0) is 39.8 Å². The molecular weight excluding hydrogens is 526 g/mol. The lowest BCUT2D eigenvalue weighted by Gasteiger charge is -2.39. The summed E-state index contributed by atoms with van der Waals surface area (Å²) in [6, 6.07) is 13.7. The van der Waals surface area contributed by atoms with Gasteiger partial charge < -0.3 is 29.3 Å². The number of nitrogens with one attached hydrogen (secondary N) is 1. The molecule has 3 aromatic rings. The van der Waals surface area contributed by atoms with Crippen LogP contribution in [0.5, 0.6) is 11.5 Å². The molecule has 1 aliphatic rings. The predicted molar refractivity (Wildman–Crippen MR) is 153 cm³/mol. The minimum atomic E-state index is -0.653. The number of ether oxygens (including phenoxy) is 3. The van der Waals surface area contributed by atoms with Crippen LogP contribution < -0.4 is 14.8 Å². The number of aryl methyl sites for hydroxylation is 1. The van der Waals surface area contributed by atoms with Crippen LogP contribution in [0.25, 0.3) is 11.4 Å². The number of hydrogen-bond acceptors (Lipinski definition) is 8. The molecule has 2 aromatic carbocycles. The van der Waals surface area contributed by atoms with E-state index in [0.717, 1.165) is 5.56 Å². The van der Waals surface area contributed by atoms with Crippen molar-refractivity contribution < 1.29 is 28.6 Å². The van der Waals surface area contributed by atoms with E-state index in [4.69, 9.17) is 14.2 Å². The van der Waals surface area contributed by atoms with Gasteiger partial charge in [-0.15, -0.1) is 0 Å². The van der Waals surface area contributed by atoms with E-state index in [9.17, 15) is 14.4 Å². The molecule has 2 heterocycles. The molecule has 1 unspecified atom stereocenters. The van der Waals surface area contributed by atoms with Crippen molar-refractivity contribution >= 4 is 23.6 Å². The first kappa shape index (κ1) is 29.3. The van der Waals surface area contributed by atoms with E-state index in [1.807, 2.05) is 37.3 Å². The van der Waals surface area contributed by atoms with E-state index in [1.165, 1.54) is 7.11 Å². The molecule has 4 rings (SSSR count). The summed E-state index contributed by atoms with van der Waals surface area (Å²) in [6.45, 7) is 7.77. The number of carbonyl (C=O) groups is 3. The third kappa shape index (κ3) is 6.56. The molecule has 1 N–H and O–H groups in total. The molecule has 1 fully saturated rings. The zero-order valence-corrected chi connectivity index (χ0v) is 24.1. The Morgan fingerprint density at radius 1 is 1.00 bits per heavy atom. The molecule has 0 saturated carbocycles. The summed E-state index contributed by atoms with van der Waals surface area (Å²) in [6.07, 6.45) is -0.384. The average molecular weight is 562 g/mol. The van der Waals surface area contributed by atoms with E-state index in [2.05, 4.69) is 15.3 Å². The molecule has 41 heavy (non-hydrogen) atoms. The molecule has 1 atom stereocenters. The normalized spacial score (nSPS) is 15.0. The first-order valence-electron chi connectivity index (χ1n) is 13.4. The van der Waals surface area contributed by atoms with Crippen molar-refractivity contribution in [1.82, 2.24) is 19.8 Å². The third-order valence-electron chi connectivity index (χ3n) is 6.70. The molecule has 0 bridgehead atoms. The number of benzene rings is 2. The van der Waals surface area contributed by atoms with E-state index >= 15 is 0 Å². The smallest absolute Gasteiger partial charge is 0.342 e. The largest absolute Gasteiger partial charge is 0.497 e. The van der Waals surface area contributed by atoms with E-state index in [1.54, 1.807) is 55.9 Å². The monoisotopic (exact) mass is 561 g/mol. The van der Waals surface area contributed by atoms with Gasteiger partial charge in [-0.1, -0.05) is 30.3 Å². The van der Waals surface area contributed by atoms with Crippen LogP contribution in [0.15, 0.2) is 48.5 Å². The Balaban J connectivity index is 1.57. The lowest BCUT2D eigenvalue weighted by atomic mass is 10.1. The number of urea groups is 1. The Hall–Kier alpha value is -4.67. The van der Waals surface area contributed by atoms with Gasteiger partial charge in [0.25, 0.3) is 5.91 Å². The Morgan fingerprint density at radius 2 is 1.73 bits per heavy atom. The molecule has 1 aliphatic heterocycles. The molecular formula is C30H35N5O6. The first-order valence-corrected chi connectivity index (χ1v) is 13.4. The Labute approximate surface area is 239 Å². The van der Waals surface area contributed by atoms with Crippen molar-refractivity contribution in [2.24, 2.45) is 0 Å². The second kappa shape index (κ2) is 12.7. The van der Waals surface area contributed by atoms with Crippen LogP contribution in [0.2, 0.25) is 0 Å². The van der Waals surface area contributed by atoms with Crippen LogP contribution in [0.3, 0.4) is 0 Å². The van der Waals surface area contributed by atoms with Crippen molar-refractivity contribution in [3.8, 4) is 22.9 Å². The summed E-state index contributed by atoms with van der Waals surface area (Å²) < 4.78 is 16.0. The molecule has 11 nitrogen and oxygen atoms in total. The highest BCUT2D eigenvalue weighted by atomic mass is 16.5. The maximum absolute atomic E-state index is 13.9. The Morgan fingerprint density at radius 3 is 2.37 bits per heavy atom. The predicted octanol–water partition coefficient (Wildman–Crippen LogP) is 4.41. The van der Waals surface area contributed by atoms with Gasteiger partial charge >= 0.3 is 12.0 Å². The molecule has 216 valence electrons. The molecule has 3 amide bonds. The number of aromatic nitrogens is 2. The van der Waals surface area contributed by atoms with Crippen molar-refractivity contribution in [2.75, 3.05) is 39.2 Å². The first-order chi connectivity index (χ1) is 19.6.